The van der Waals surface area contributed by atoms with Gasteiger partial charge in [-0.1, -0.05) is 29.8 Å². The summed E-state index contributed by atoms with van der Waals surface area (Å²) < 4.78 is 15.3. The fourth-order valence-electron chi connectivity index (χ4n) is 3.04. The first-order valence-electron chi connectivity index (χ1n) is 7.71. The molecule has 0 aliphatic heterocycles. The summed E-state index contributed by atoms with van der Waals surface area (Å²) >= 11 is 6.22. The molecule has 0 saturated heterocycles. The molecule has 7 heteroatoms. The van der Waals surface area contributed by atoms with Gasteiger partial charge in [0.1, 0.15) is 24.0 Å². The topological polar surface area (TPSA) is 95.7 Å². The van der Waals surface area contributed by atoms with Crippen molar-refractivity contribution < 1.29 is 18.4 Å². The monoisotopic (exact) mass is 351 g/mol. The van der Waals surface area contributed by atoms with Gasteiger partial charge in [-0.3, -0.25) is 4.79 Å². The summed E-state index contributed by atoms with van der Waals surface area (Å²) in [5.41, 5.74) is 5.85. The summed E-state index contributed by atoms with van der Waals surface area (Å²) in [6.45, 7) is 1.58. The van der Waals surface area contributed by atoms with E-state index >= 15 is 0 Å². The first-order chi connectivity index (χ1) is 11.4. The molecular weight excluding hydrogens is 334 g/mol. The van der Waals surface area contributed by atoms with Crippen molar-refractivity contribution >= 4 is 17.4 Å². The average Bonchev–Trinajstić information content (AvgIpc) is 2.87. The second-order valence-electron chi connectivity index (χ2n) is 5.94. The Kier molecular flexibility index (Phi) is 4.62. The summed E-state index contributed by atoms with van der Waals surface area (Å²) in [6, 6.07) is 7.08. The van der Waals surface area contributed by atoms with Gasteiger partial charge in [-0.25, -0.2) is 4.79 Å². The third kappa shape index (κ3) is 3.05. The maximum atomic E-state index is 12.9. The van der Waals surface area contributed by atoms with Crippen LogP contribution in [-0.4, -0.2) is 11.9 Å². The standard InChI is InChI=1S/C17H18ClNO5/c1-10-14(24-16(21)23-10)9-22-13-7-4-8-17(19,15(13)20)11-5-2-3-6-12(11)18/h2-3,5-6,13H,4,7-9,19H2,1H3/t13-,17-/m1/s1. The summed E-state index contributed by atoms with van der Waals surface area (Å²) in [6.07, 6.45) is 1.12. The molecule has 6 nitrogen and oxygen atoms in total. The van der Waals surface area contributed by atoms with Crippen LogP contribution in [0.4, 0.5) is 0 Å². The molecule has 1 heterocycles. The zero-order valence-electron chi connectivity index (χ0n) is 13.2. The van der Waals surface area contributed by atoms with Crippen LogP contribution in [0.2, 0.25) is 5.02 Å². The molecule has 1 fully saturated rings. The van der Waals surface area contributed by atoms with Gasteiger partial charge in [0.05, 0.1) is 0 Å². The van der Waals surface area contributed by atoms with Gasteiger partial charge in [0.2, 0.25) is 0 Å². The molecule has 1 aliphatic carbocycles. The lowest BCUT2D eigenvalue weighted by molar-refractivity contribution is -0.141. The highest BCUT2D eigenvalue weighted by atomic mass is 35.5. The van der Waals surface area contributed by atoms with Crippen LogP contribution in [0.5, 0.6) is 0 Å². The van der Waals surface area contributed by atoms with Crippen LogP contribution in [0.25, 0.3) is 0 Å². The van der Waals surface area contributed by atoms with Crippen molar-refractivity contribution in [2.24, 2.45) is 5.73 Å². The summed E-state index contributed by atoms with van der Waals surface area (Å²) in [7, 11) is 0. The summed E-state index contributed by atoms with van der Waals surface area (Å²) in [5, 5.41) is 0.464. The number of hydrogen-bond donors (Lipinski definition) is 1. The van der Waals surface area contributed by atoms with Crippen molar-refractivity contribution in [3.05, 3.63) is 57.0 Å². The first-order valence-corrected chi connectivity index (χ1v) is 8.09. The van der Waals surface area contributed by atoms with E-state index in [9.17, 15) is 9.59 Å². The van der Waals surface area contributed by atoms with Crippen molar-refractivity contribution in [3.63, 3.8) is 0 Å². The minimum atomic E-state index is -1.17. The molecular formula is C17H18ClNO5. The Morgan fingerprint density at radius 1 is 1.33 bits per heavy atom. The van der Waals surface area contributed by atoms with E-state index in [2.05, 4.69) is 0 Å². The zero-order valence-corrected chi connectivity index (χ0v) is 14.0. The van der Waals surface area contributed by atoms with E-state index in [1.807, 2.05) is 0 Å². The number of hydrogen-bond acceptors (Lipinski definition) is 6. The largest absolute Gasteiger partial charge is 0.519 e. The van der Waals surface area contributed by atoms with Gasteiger partial charge in [0.25, 0.3) is 0 Å². The smallest absolute Gasteiger partial charge is 0.396 e. The Bertz CT molecular complexity index is 811. The highest BCUT2D eigenvalue weighted by Gasteiger charge is 2.44. The first kappa shape index (κ1) is 17.0. The second-order valence-corrected chi connectivity index (χ2v) is 6.35. The Labute approximate surface area is 143 Å². The lowest BCUT2D eigenvalue weighted by atomic mass is 9.75. The predicted molar refractivity (Wildman–Crippen MR) is 86.7 cm³/mol. The maximum absolute atomic E-state index is 12.9. The van der Waals surface area contributed by atoms with Crippen molar-refractivity contribution in [1.82, 2.24) is 0 Å². The van der Waals surface area contributed by atoms with Gasteiger partial charge in [-0.15, -0.1) is 0 Å². The van der Waals surface area contributed by atoms with Crippen LogP contribution < -0.4 is 11.6 Å². The van der Waals surface area contributed by atoms with E-state index in [0.717, 1.165) is 6.42 Å². The normalized spacial score (nSPS) is 24.3. The van der Waals surface area contributed by atoms with Gasteiger partial charge in [0.15, 0.2) is 11.5 Å². The van der Waals surface area contributed by atoms with Crippen LogP contribution in [0.1, 0.15) is 36.3 Å². The van der Waals surface area contributed by atoms with E-state index < -0.39 is 17.5 Å². The predicted octanol–water partition coefficient (Wildman–Crippen LogP) is 2.69. The average molecular weight is 352 g/mol. The molecule has 0 spiro atoms. The van der Waals surface area contributed by atoms with E-state index in [0.29, 0.717) is 29.2 Å². The molecule has 1 saturated carbocycles. The number of aryl methyl sites for hydroxylation is 1. The maximum Gasteiger partial charge on any atom is 0.519 e. The van der Waals surface area contributed by atoms with E-state index in [1.165, 1.54) is 0 Å². The molecule has 0 radical (unpaired) electrons. The number of carbonyl (C=O) groups is 1. The molecule has 1 aromatic heterocycles. The molecule has 2 aromatic rings. The quantitative estimate of drug-likeness (QED) is 0.909. The van der Waals surface area contributed by atoms with Gasteiger partial charge >= 0.3 is 5.82 Å². The van der Waals surface area contributed by atoms with Gasteiger partial charge in [0, 0.05) is 5.02 Å². The van der Waals surface area contributed by atoms with E-state index in [1.54, 1.807) is 31.2 Å². The molecule has 24 heavy (non-hydrogen) atoms. The van der Waals surface area contributed by atoms with E-state index in [4.69, 9.17) is 30.9 Å². The van der Waals surface area contributed by atoms with Crippen molar-refractivity contribution in [1.29, 1.82) is 0 Å². The molecule has 0 bridgehead atoms. The number of ketones is 1. The highest BCUT2D eigenvalue weighted by Crippen LogP contribution is 2.37. The second kappa shape index (κ2) is 6.55. The molecule has 0 unspecified atom stereocenters. The summed E-state index contributed by atoms with van der Waals surface area (Å²) in [5.74, 6) is -0.386. The van der Waals surface area contributed by atoms with Crippen LogP contribution in [-0.2, 0) is 21.7 Å². The minimum absolute atomic E-state index is 0.0212. The van der Waals surface area contributed by atoms with Gasteiger partial charge < -0.3 is 19.3 Å². The number of ether oxygens (including phenoxy) is 1. The Hall–Kier alpha value is -1.89. The van der Waals surface area contributed by atoms with Crippen molar-refractivity contribution in [2.45, 2.75) is 44.4 Å². The van der Waals surface area contributed by atoms with Gasteiger partial charge in [-0.05, 0) is 37.8 Å². The number of rotatable bonds is 4. The number of benzene rings is 1. The van der Waals surface area contributed by atoms with E-state index in [-0.39, 0.29) is 18.2 Å². The fraction of sp³-hybridized carbons (Fsp3) is 0.412. The van der Waals surface area contributed by atoms with Gasteiger partial charge in [-0.2, -0.15) is 0 Å². The molecule has 2 N–H and O–H groups in total. The molecule has 0 amide bonds. The highest BCUT2D eigenvalue weighted by molar-refractivity contribution is 6.31. The Morgan fingerprint density at radius 3 is 2.75 bits per heavy atom. The van der Waals surface area contributed by atoms with Crippen LogP contribution >= 0.6 is 11.6 Å². The third-order valence-corrected chi connectivity index (χ3v) is 4.70. The number of carbonyl (C=O) groups excluding carboxylic acids is 1. The zero-order chi connectivity index (χ0) is 17.3. The molecule has 1 aliphatic rings. The van der Waals surface area contributed by atoms with Crippen molar-refractivity contribution in [3.8, 4) is 0 Å². The Morgan fingerprint density at radius 2 is 2.08 bits per heavy atom. The third-order valence-electron chi connectivity index (χ3n) is 4.38. The fourth-order valence-corrected chi connectivity index (χ4v) is 3.34. The number of Topliss-reactive ketones (excluding diaryl/α,β-unsaturated/α-hetero) is 1. The molecule has 128 valence electrons. The summed E-state index contributed by atoms with van der Waals surface area (Å²) in [4.78, 5) is 23.9. The van der Waals surface area contributed by atoms with Crippen molar-refractivity contribution in [2.75, 3.05) is 0 Å². The van der Waals surface area contributed by atoms with Crippen LogP contribution in [0.3, 0.4) is 0 Å². The lowest BCUT2D eigenvalue weighted by Gasteiger charge is -2.36. The lowest BCUT2D eigenvalue weighted by Crippen LogP contribution is -2.53. The SMILES string of the molecule is Cc1oc(=O)oc1CO[C@@H]1CCC[C@@](N)(c2ccccc2Cl)C1=O. The number of halogens is 1. The number of nitrogens with two attached hydrogens (primary N) is 1. The molecule has 1 aromatic carbocycles. The Balaban J connectivity index is 1.79. The minimum Gasteiger partial charge on any atom is -0.396 e. The molecule has 2 atom stereocenters. The van der Waals surface area contributed by atoms with Crippen LogP contribution in [0, 0.1) is 6.92 Å². The van der Waals surface area contributed by atoms with Crippen LogP contribution in [0.15, 0.2) is 37.9 Å². The molecule has 3 rings (SSSR count).